The van der Waals surface area contributed by atoms with Crippen LogP contribution >= 0.6 is 0 Å². The summed E-state index contributed by atoms with van der Waals surface area (Å²) in [5, 5.41) is 2.35. The van der Waals surface area contributed by atoms with Gasteiger partial charge in [-0.2, -0.15) is 0 Å². The van der Waals surface area contributed by atoms with Gasteiger partial charge in [-0.3, -0.25) is 9.55 Å². The van der Waals surface area contributed by atoms with E-state index in [0.29, 0.717) is 0 Å². The second kappa shape index (κ2) is 10.5. The zero-order valence-electron chi connectivity index (χ0n) is 23.3. The first-order valence-electron chi connectivity index (χ1n) is 14.4. The fourth-order valence-corrected chi connectivity index (χ4v) is 5.81. The van der Waals surface area contributed by atoms with Gasteiger partial charge in [-0.05, 0) is 76.9 Å². The van der Waals surface area contributed by atoms with E-state index in [9.17, 15) is 0 Å². The Bertz CT molecular complexity index is 2150. The van der Waals surface area contributed by atoms with Crippen LogP contribution in [0.1, 0.15) is 0 Å². The van der Waals surface area contributed by atoms with Crippen molar-refractivity contribution in [1.82, 2.24) is 19.5 Å². The molecule has 0 spiro atoms. The first-order chi connectivity index (χ1) is 21.3. The van der Waals surface area contributed by atoms with E-state index >= 15 is 0 Å². The van der Waals surface area contributed by atoms with Crippen LogP contribution in [-0.4, -0.2) is 19.5 Å². The van der Waals surface area contributed by atoms with Crippen molar-refractivity contribution in [2.45, 2.75) is 0 Å². The summed E-state index contributed by atoms with van der Waals surface area (Å²) in [5.41, 5.74) is 11.4. The van der Waals surface area contributed by atoms with Crippen LogP contribution in [-0.2, 0) is 0 Å². The Hall–Kier alpha value is -5.87. The third-order valence-electron chi connectivity index (χ3n) is 7.93. The van der Waals surface area contributed by atoms with Crippen LogP contribution in [0.5, 0.6) is 0 Å². The monoisotopic (exact) mass is 550 g/mol. The number of nitrogens with zero attached hydrogens (tertiary/aromatic N) is 4. The van der Waals surface area contributed by atoms with Gasteiger partial charge in [0, 0.05) is 34.4 Å². The van der Waals surface area contributed by atoms with Gasteiger partial charge in [-0.1, -0.05) is 91.0 Å². The van der Waals surface area contributed by atoms with E-state index in [1.54, 1.807) is 0 Å². The van der Waals surface area contributed by atoms with Crippen LogP contribution in [0.2, 0.25) is 0 Å². The Kier molecular flexibility index (Phi) is 6.08. The zero-order valence-corrected chi connectivity index (χ0v) is 23.3. The Morgan fingerprint density at radius 3 is 1.84 bits per heavy atom. The molecule has 43 heavy (non-hydrogen) atoms. The Labute approximate surface area is 249 Å². The molecule has 8 aromatic rings. The Balaban J connectivity index is 1.22. The number of para-hydroxylation sites is 1. The predicted octanol–water partition coefficient (Wildman–Crippen LogP) is 9.64. The molecule has 4 heterocycles. The molecule has 0 unspecified atom stereocenters. The minimum atomic E-state index is 0.843. The molecule has 0 aliphatic carbocycles. The van der Waals surface area contributed by atoms with Crippen molar-refractivity contribution in [1.29, 1.82) is 0 Å². The molecule has 4 aromatic carbocycles. The van der Waals surface area contributed by atoms with Crippen LogP contribution in [0.3, 0.4) is 0 Å². The van der Waals surface area contributed by atoms with Crippen LogP contribution in [0.25, 0.3) is 72.5 Å². The van der Waals surface area contributed by atoms with E-state index < -0.39 is 0 Å². The van der Waals surface area contributed by atoms with E-state index in [2.05, 4.69) is 125 Å². The molecule has 0 amide bonds. The van der Waals surface area contributed by atoms with Crippen molar-refractivity contribution in [3.8, 4) is 50.6 Å². The summed E-state index contributed by atoms with van der Waals surface area (Å²) in [4.78, 5) is 14.4. The Morgan fingerprint density at radius 1 is 0.395 bits per heavy atom. The van der Waals surface area contributed by atoms with Crippen molar-refractivity contribution in [3.05, 3.63) is 158 Å². The molecule has 0 radical (unpaired) electrons. The third kappa shape index (κ3) is 4.55. The lowest BCUT2D eigenvalue weighted by Gasteiger charge is -2.12. The highest BCUT2D eigenvalue weighted by atomic mass is 15.0. The Morgan fingerprint density at radius 2 is 1.02 bits per heavy atom. The van der Waals surface area contributed by atoms with Gasteiger partial charge >= 0.3 is 0 Å². The van der Waals surface area contributed by atoms with Crippen molar-refractivity contribution in [2.24, 2.45) is 0 Å². The maximum Gasteiger partial charge on any atom is 0.145 e. The molecule has 0 aliphatic rings. The van der Waals surface area contributed by atoms with Gasteiger partial charge in [0.15, 0.2) is 0 Å². The van der Waals surface area contributed by atoms with E-state index in [-0.39, 0.29) is 0 Å². The second-order valence-corrected chi connectivity index (χ2v) is 10.6. The van der Waals surface area contributed by atoms with Crippen LogP contribution in [0, 0.1) is 0 Å². The average Bonchev–Trinajstić information content (AvgIpc) is 3.43. The van der Waals surface area contributed by atoms with Gasteiger partial charge in [0.25, 0.3) is 0 Å². The van der Waals surface area contributed by atoms with Crippen molar-refractivity contribution >= 4 is 21.9 Å². The van der Waals surface area contributed by atoms with Crippen LogP contribution < -0.4 is 0 Å². The minimum absolute atomic E-state index is 0.843. The first kappa shape index (κ1) is 24.9. The van der Waals surface area contributed by atoms with E-state index in [0.717, 1.165) is 56.0 Å². The standard InChI is InChI=1S/C39H26N4/c1-2-9-27(10-3-1)28-15-17-30(18-16-28)36-25-31(26-37(42-36)35-13-6-7-23-40-35)29-19-21-32(22-20-29)43-38-14-5-4-11-33(38)34-12-8-24-41-39(34)43/h1-26H. The van der Waals surface area contributed by atoms with Gasteiger partial charge in [0.1, 0.15) is 5.65 Å². The molecular weight excluding hydrogens is 524 g/mol. The number of hydrogen-bond acceptors (Lipinski definition) is 3. The van der Waals surface area contributed by atoms with E-state index in [1.807, 2.05) is 42.7 Å². The van der Waals surface area contributed by atoms with Gasteiger partial charge in [-0.25, -0.2) is 9.97 Å². The number of benzene rings is 4. The number of pyridine rings is 3. The molecular formula is C39H26N4. The van der Waals surface area contributed by atoms with Crippen molar-refractivity contribution in [3.63, 3.8) is 0 Å². The van der Waals surface area contributed by atoms with Crippen molar-refractivity contribution in [2.75, 3.05) is 0 Å². The number of fused-ring (bicyclic) bond motifs is 3. The fraction of sp³-hybridized carbons (Fsp3) is 0. The predicted molar refractivity (Wildman–Crippen MR) is 176 cm³/mol. The summed E-state index contributed by atoms with van der Waals surface area (Å²) in [5.74, 6) is 0. The molecule has 4 aromatic heterocycles. The smallest absolute Gasteiger partial charge is 0.145 e. The highest BCUT2D eigenvalue weighted by Gasteiger charge is 2.14. The maximum absolute atomic E-state index is 5.05. The summed E-state index contributed by atoms with van der Waals surface area (Å²) < 4.78 is 2.24. The summed E-state index contributed by atoms with van der Waals surface area (Å²) >= 11 is 0. The van der Waals surface area contributed by atoms with E-state index in [4.69, 9.17) is 9.97 Å². The fourth-order valence-electron chi connectivity index (χ4n) is 5.81. The highest BCUT2D eigenvalue weighted by molar-refractivity contribution is 6.07. The van der Waals surface area contributed by atoms with Gasteiger partial charge in [0.2, 0.25) is 0 Å². The molecule has 0 aliphatic heterocycles. The van der Waals surface area contributed by atoms with Gasteiger partial charge < -0.3 is 0 Å². The topological polar surface area (TPSA) is 43.6 Å². The lowest BCUT2D eigenvalue weighted by Crippen LogP contribution is -1.96. The summed E-state index contributed by atoms with van der Waals surface area (Å²) in [6, 6.07) is 50.6. The number of rotatable bonds is 5. The molecule has 202 valence electrons. The molecule has 0 saturated carbocycles. The molecule has 0 atom stereocenters. The molecule has 0 N–H and O–H groups in total. The quantitative estimate of drug-likeness (QED) is 0.214. The number of hydrogen-bond donors (Lipinski definition) is 0. The second-order valence-electron chi connectivity index (χ2n) is 10.6. The minimum Gasteiger partial charge on any atom is -0.294 e. The lowest BCUT2D eigenvalue weighted by atomic mass is 9.99. The zero-order chi connectivity index (χ0) is 28.6. The molecule has 4 nitrogen and oxygen atoms in total. The molecule has 0 fully saturated rings. The molecule has 0 bridgehead atoms. The highest BCUT2D eigenvalue weighted by Crippen LogP contribution is 2.34. The molecule has 8 rings (SSSR count). The summed E-state index contributed by atoms with van der Waals surface area (Å²) in [6.07, 6.45) is 3.67. The largest absolute Gasteiger partial charge is 0.294 e. The SMILES string of the molecule is c1ccc(-c2ccc(-c3cc(-c4ccc(-n5c6ccccc6c6cccnc65)cc4)cc(-c4ccccn4)n3)cc2)cc1. The average molecular weight is 551 g/mol. The first-order valence-corrected chi connectivity index (χ1v) is 14.4. The van der Waals surface area contributed by atoms with Crippen LogP contribution in [0.15, 0.2) is 158 Å². The van der Waals surface area contributed by atoms with Gasteiger partial charge in [-0.15, -0.1) is 0 Å². The van der Waals surface area contributed by atoms with Gasteiger partial charge in [0.05, 0.1) is 22.6 Å². The summed E-state index contributed by atoms with van der Waals surface area (Å²) in [7, 11) is 0. The molecule has 4 heteroatoms. The molecule has 0 saturated heterocycles. The normalized spacial score (nSPS) is 11.3. The third-order valence-corrected chi connectivity index (χ3v) is 7.93. The number of aromatic nitrogens is 4. The van der Waals surface area contributed by atoms with Crippen LogP contribution in [0.4, 0.5) is 0 Å². The maximum atomic E-state index is 5.05. The lowest BCUT2D eigenvalue weighted by molar-refractivity contribution is 1.14. The van der Waals surface area contributed by atoms with E-state index in [1.165, 1.54) is 16.5 Å². The summed E-state index contributed by atoms with van der Waals surface area (Å²) in [6.45, 7) is 0. The van der Waals surface area contributed by atoms with Crippen molar-refractivity contribution < 1.29 is 0 Å².